The number of carbonyl (C=O) groups excluding carboxylic acids is 1. The van der Waals surface area contributed by atoms with Gasteiger partial charge in [-0.3, -0.25) is 9.52 Å². The Labute approximate surface area is 192 Å². The Morgan fingerprint density at radius 2 is 1.55 bits per heavy atom. The van der Waals surface area contributed by atoms with Crippen LogP contribution in [0.4, 0.5) is 5.69 Å². The van der Waals surface area contributed by atoms with Gasteiger partial charge in [0.05, 0.1) is 10.9 Å². The summed E-state index contributed by atoms with van der Waals surface area (Å²) >= 11 is 3.40. The minimum atomic E-state index is -3.66. The SMILES string of the molecule is Cc1ccc(NS(=O)(=O)c2ccc(CCC(=O)NC(C)c3ccc(Br)cc3)cc2)cc1. The largest absolute Gasteiger partial charge is 0.350 e. The van der Waals surface area contributed by atoms with Crippen LogP contribution in [0.2, 0.25) is 0 Å². The number of nitrogens with one attached hydrogen (secondary N) is 2. The molecule has 5 nitrogen and oxygen atoms in total. The first-order chi connectivity index (χ1) is 14.7. The molecule has 3 rings (SSSR count). The van der Waals surface area contributed by atoms with E-state index in [-0.39, 0.29) is 16.8 Å². The minimum absolute atomic E-state index is 0.0480. The molecule has 0 saturated carbocycles. The quantitative estimate of drug-likeness (QED) is 0.436. The summed E-state index contributed by atoms with van der Waals surface area (Å²) in [6.07, 6.45) is 0.860. The highest BCUT2D eigenvalue weighted by atomic mass is 79.9. The van der Waals surface area contributed by atoms with Crippen molar-refractivity contribution in [1.82, 2.24) is 5.32 Å². The Balaban J connectivity index is 1.54. The van der Waals surface area contributed by atoms with Gasteiger partial charge in [-0.1, -0.05) is 57.9 Å². The lowest BCUT2D eigenvalue weighted by Crippen LogP contribution is -2.26. The normalized spacial score (nSPS) is 12.2. The molecule has 3 aromatic rings. The van der Waals surface area contributed by atoms with Crippen molar-refractivity contribution in [2.75, 3.05) is 4.72 Å². The summed E-state index contributed by atoms with van der Waals surface area (Å²) in [5.41, 5.74) is 3.52. The van der Waals surface area contributed by atoms with E-state index in [1.165, 1.54) is 0 Å². The highest BCUT2D eigenvalue weighted by molar-refractivity contribution is 9.10. The van der Waals surface area contributed by atoms with E-state index in [9.17, 15) is 13.2 Å². The van der Waals surface area contributed by atoms with Gasteiger partial charge in [0.1, 0.15) is 0 Å². The lowest BCUT2D eigenvalue weighted by atomic mass is 10.1. The molecule has 7 heteroatoms. The molecule has 0 fully saturated rings. The average Bonchev–Trinajstić information content (AvgIpc) is 2.74. The van der Waals surface area contributed by atoms with E-state index in [0.29, 0.717) is 18.5 Å². The fourth-order valence-corrected chi connectivity index (χ4v) is 4.40. The van der Waals surface area contributed by atoms with Crippen molar-refractivity contribution >= 4 is 37.5 Å². The third kappa shape index (κ3) is 6.67. The maximum atomic E-state index is 12.6. The Morgan fingerprint density at radius 1 is 0.935 bits per heavy atom. The van der Waals surface area contributed by atoms with Crippen molar-refractivity contribution in [2.24, 2.45) is 0 Å². The van der Waals surface area contributed by atoms with E-state index in [0.717, 1.165) is 21.2 Å². The van der Waals surface area contributed by atoms with Crippen LogP contribution in [0.3, 0.4) is 0 Å². The number of sulfonamides is 1. The number of rotatable bonds is 8. The summed E-state index contributed by atoms with van der Waals surface area (Å²) in [5.74, 6) is -0.0480. The molecule has 1 unspecified atom stereocenters. The Kier molecular flexibility index (Phi) is 7.51. The average molecular weight is 501 g/mol. The molecule has 1 atom stereocenters. The third-order valence-electron chi connectivity index (χ3n) is 4.93. The van der Waals surface area contributed by atoms with Gasteiger partial charge in [0.25, 0.3) is 10.0 Å². The molecular formula is C24H25BrN2O3S. The van der Waals surface area contributed by atoms with Crippen LogP contribution in [0.25, 0.3) is 0 Å². The van der Waals surface area contributed by atoms with Gasteiger partial charge in [0, 0.05) is 16.6 Å². The molecule has 3 aromatic carbocycles. The number of aryl methyl sites for hydroxylation is 2. The van der Waals surface area contributed by atoms with Crippen molar-refractivity contribution in [2.45, 2.75) is 37.6 Å². The molecule has 1 amide bonds. The molecule has 2 N–H and O–H groups in total. The van der Waals surface area contributed by atoms with E-state index >= 15 is 0 Å². The third-order valence-corrected chi connectivity index (χ3v) is 6.85. The van der Waals surface area contributed by atoms with Crippen LogP contribution in [0.5, 0.6) is 0 Å². The number of carbonyl (C=O) groups is 1. The number of halogens is 1. The van der Waals surface area contributed by atoms with Crippen LogP contribution in [0.15, 0.2) is 82.2 Å². The van der Waals surface area contributed by atoms with Gasteiger partial charge in [-0.2, -0.15) is 0 Å². The molecule has 0 radical (unpaired) electrons. The monoisotopic (exact) mass is 500 g/mol. The molecule has 0 heterocycles. The van der Waals surface area contributed by atoms with E-state index in [4.69, 9.17) is 0 Å². The predicted octanol–water partition coefficient (Wildman–Crippen LogP) is 5.37. The summed E-state index contributed by atoms with van der Waals surface area (Å²) < 4.78 is 28.7. The van der Waals surface area contributed by atoms with Crippen LogP contribution < -0.4 is 10.0 Å². The van der Waals surface area contributed by atoms with E-state index in [1.54, 1.807) is 36.4 Å². The van der Waals surface area contributed by atoms with Crippen molar-refractivity contribution in [3.8, 4) is 0 Å². The van der Waals surface area contributed by atoms with E-state index < -0.39 is 10.0 Å². The molecule has 0 bridgehead atoms. The molecule has 0 aliphatic heterocycles. The first-order valence-corrected chi connectivity index (χ1v) is 12.2. The number of amides is 1. The highest BCUT2D eigenvalue weighted by Gasteiger charge is 2.14. The van der Waals surface area contributed by atoms with Crippen molar-refractivity contribution in [3.63, 3.8) is 0 Å². The second kappa shape index (κ2) is 10.1. The molecule has 162 valence electrons. The zero-order valence-electron chi connectivity index (χ0n) is 17.4. The van der Waals surface area contributed by atoms with Gasteiger partial charge < -0.3 is 5.32 Å². The second-order valence-corrected chi connectivity index (χ2v) is 10.1. The number of hydrogen-bond donors (Lipinski definition) is 2. The van der Waals surface area contributed by atoms with Crippen LogP contribution in [-0.2, 0) is 21.2 Å². The smallest absolute Gasteiger partial charge is 0.261 e. The van der Waals surface area contributed by atoms with Crippen LogP contribution in [0, 0.1) is 6.92 Å². The van der Waals surface area contributed by atoms with Gasteiger partial charge in [-0.25, -0.2) is 8.42 Å². The van der Waals surface area contributed by atoms with E-state index in [1.807, 2.05) is 50.2 Å². The molecule has 0 aliphatic rings. The van der Waals surface area contributed by atoms with Crippen LogP contribution in [-0.4, -0.2) is 14.3 Å². The maximum absolute atomic E-state index is 12.6. The first kappa shape index (κ1) is 23.0. The molecule has 0 aliphatic carbocycles. The number of anilines is 1. The Morgan fingerprint density at radius 3 is 2.16 bits per heavy atom. The summed E-state index contributed by atoms with van der Waals surface area (Å²) in [4.78, 5) is 12.5. The van der Waals surface area contributed by atoms with Gasteiger partial charge >= 0.3 is 0 Å². The summed E-state index contributed by atoms with van der Waals surface area (Å²) in [6.45, 7) is 3.89. The summed E-state index contributed by atoms with van der Waals surface area (Å²) in [5, 5.41) is 2.99. The maximum Gasteiger partial charge on any atom is 0.261 e. The predicted molar refractivity (Wildman–Crippen MR) is 127 cm³/mol. The zero-order chi connectivity index (χ0) is 22.4. The van der Waals surface area contributed by atoms with Crippen LogP contribution >= 0.6 is 15.9 Å². The Bertz CT molecular complexity index is 1130. The molecule has 0 spiro atoms. The number of hydrogen-bond acceptors (Lipinski definition) is 3. The fraction of sp³-hybridized carbons (Fsp3) is 0.208. The highest BCUT2D eigenvalue weighted by Crippen LogP contribution is 2.19. The van der Waals surface area contributed by atoms with Crippen LogP contribution in [0.1, 0.15) is 36.1 Å². The second-order valence-electron chi connectivity index (χ2n) is 7.46. The standard InChI is InChI=1S/C24H25BrN2O3S/c1-17-3-12-22(13-4-17)27-31(29,30)23-14-5-19(6-15-23)7-16-24(28)26-18(2)20-8-10-21(25)11-9-20/h3-6,8-15,18,27H,7,16H2,1-2H3,(H,26,28). The number of benzene rings is 3. The van der Waals surface area contributed by atoms with Crippen molar-refractivity contribution < 1.29 is 13.2 Å². The molecule has 31 heavy (non-hydrogen) atoms. The molecular weight excluding hydrogens is 476 g/mol. The summed E-state index contributed by atoms with van der Waals surface area (Å²) in [6, 6.07) is 21.5. The lowest BCUT2D eigenvalue weighted by molar-refractivity contribution is -0.121. The van der Waals surface area contributed by atoms with Gasteiger partial charge in [0.2, 0.25) is 5.91 Å². The molecule has 0 aromatic heterocycles. The Hall–Kier alpha value is -2.64. The van der Waals surface area contributed by atoms with Gasteiger partial charge in [0.15, 0.2) is 0 Å². The zero-order valence-corrected chi connectivity index (χ0v) is 19.8. The van der Waals surface area contributed by atoms with Gasteiger partial charge in [-0.05, 0) is 67.8 Å². The summed E-state index contributed by atoms with van der Waals surface area (Å²) in [7, 11) is -3.66. The van der Waals surface area contributed by atoms with E-state index in [2.05, 4.69) is 26.0 Å². The van der Waals surface area contributed by atoms with Crippen molar-refractivity contribution in [1.29, 1.82) is 0 Å². The van der Waals surface area contributed by atoms with Crippen molar-refractivity contribution in [3.05, 3.63) is 94.0 Å². The lowest BCUT2D eigenvalue weighted by Gasteiger charge is -2.14. The molecule has 0 saturated heterocycles. The fourth-order valence-electron chi connectivity index (χ4n) is 3.08. The minimum Gasteiger partial charge on any atom is -0.350 e. The topological polar surface area (TPSA) is 75.3 Å². The van der Waals surface area contributed by atoms with Gasteiger partial charge in [-0.15, -0.1) is 0 Å². The first-order valence-electron chi connectivity index (χ1n) is 9.96.